The van der Waals surface area contributed by atoms with Gasteiger partial charge in [0.1, 0.15) is 28.2 Å². The summed E-state index contributed by atoms with van der Waals surface area (Å²) in [6.45, 7) is 7.12. The van der Waals surface area contributed by atoms with E-state index < -0.39 is 11.6 Å². The Morgan fingerprint density at radius 2 is 1.76 bits per heavy atom. The van der Waals surface area contributed by atoms with Crippen LogP contribution >= 0.6 is 0 Å². The molecule has 11 heteroatoms. The van der Waals surface area contributed by atoms with Crippen LogP contribution in [0.4, 0.5) is 10.6 Å². The van der Waals surface area contributed by atoms with Gasteiger partial charge in [-0.2, -0.15) is 5.10 Å². The molecule has 0 spiro atoms. The number of aromatic nitrogens is 3. The molecule has 220 valence electrons. The first-order chi connectivity index (χ1) is 20.1. The first kappa shape index (κ1) is 28.7. The van der Waals surface area contributed by atoms with Crippen LogP contribution in [0, 0.1) is 0 Å². The summed E-state index contributed by atoms with van der Waals surface area (Å²) < 4.78 is 18.9. The van der Waals surface area contributed by atoms with Gasteiger partial charge in [0, 0.05) is 31.4 Å². The van der Waals surface area contributed by atoms with Gasteiger partial charge in [0.25, 0.3) is 0 Å². The Morgan fingerprint density at radius 3 is 2.43 bits per heavy atom. The molecule has 1 amide bonds. The second-order valence-corrected chi connectivity index (χ2v) is 11.2. The normalized spacial score (nSPS) is 15.3. The second kappa shape index (κ2) is 12.0. The van der Waals surface area contributed by atoms with Gasteiger partial charge in [-0.1, -0.05) is 12.1 Å². The highest BCUT2D eigenvalue weighted by atomic mass is 16.6. The Morgan fingerprint density at radius 1 is 1.05 bits per heavy atom. The number of hydrogen-bond donors (Lipinski definition) is 2. The van der Waals surface area contributed by atoms with Gasteiger partial charge in [0.15, 0.2) is 11.5 Å². The molecule has 42 heavy (non-hydrogen) atoms. The number of benzene rings is 2. The summed E-state index contributed by atoms with van der Waals surface area (Å²) in [6, 6.07) is 15.7. The summed E-state index contributed by atoms with van der Waals surface area (Å²) >= 11 is 0. The maximum Gasteiger partial charge on any atom is 0.410 e. The fraction of sp³-hybridized carbons (Fsp3) is 0.355. The molecule has 2 aromatic heterocycles. The van der Waals surface area contributed by atoms with Crippen molar-refractivity contribution in [2.75, 3.05) is 25.5 Å². The summed E-state index contributed by atoms with van der Waals surface area (Å²) in [4.78, 5) is 30.4. The molecule has 4 aromatic rings. The first-order valence-electron chi connectivity index (χ1n) is 13.8. The molecular formula is C31H35N5O6. The van der Waals surface area contributed by atoms with E-state index in [-0.39, 0.29) is 17.7 Å². The summed E-state index contributed by atoms with van der Waals surface area (Å²) in [5, 5.41) is 18.4. The standard InChI is InChI=1S/C31H35N5O6/c1-31(2,3)42-30(39)35-17-5-6-22(19-35)33-27-26-25(41-24-13-9-21(10-14-24)29(37)38)15-16-32-28(26)36(34-27)18-20-7-11-23(40-4)12-8-20/h7-16,22H,5-6,17-19H2,1-4H3,(H,33,34)(H,37,38). The minimum absolute atomic E-state index is 0.0679. The number of amides is 1. The number of rotatable bonds is 8. The Hall–Kier alpha value is -4.80. The second-order valence-electron chi connectivity index (χ2n) is 11.2. The summed E-state index contributed by atoms with van der Waals surface area (Å²) in [7, 11) is 1.63. The lowest BCUT2D eigenvalue weighted by Crippen LogP contribution is -2.47. The van der Waals surface area contributed by atoms with Crippen molar-refractivity contribution in [3.05, 3.63) is 71.9 Å². The molecule has 0 bridgehead atoms. The molecule has 0 radical (unpaired) electrons. The van der Waals surface area contributed by atoms with Crippen LogP contribution in [0.2, 0.25) is 0 Å². The van der Waals surface area contributed by atoms with Gasteiger partial charge in [0.2, 0.25) is 0 Å². The lowest BCUT2D eigenvalue weighted by atomic mass is 10.1. The van der Waals surface area contributed by atoms with Gasteiger partial charge >= 0.3 is 12.1 Å². The fourth-order valence-corrected chi connectivity index (χ4v) is 4.84. The molecule has 1 saturated heterocycles. The van der Waals surface area contributed by atoms with E-state index in [4.69, 9.17) is 19.3 Å². The lowest BCUT2D eigenvalue weighted by molar-refractivity contribution is 0.0206. The molecule has 1 unspecified atom stereocenters. The number of carbonyl (C=O) groups is 2. The van der Waals surface area contributed by atoms with Gasteiger partial charge in [-0.3, -0.25) is 0 Å². The van der Waals surface area contributed by atoms with Crippen LogP contribution in [0.15, 0.2) is 60.8 Å². The number of methoxy groups -OCH3 is 1. The number of carboxylic acids is 1. The number of pyridine rings is 1. The number of likely N-dealkylation sites (tertiary alicyclic amines) is 1. The Balaban J connectivity index is 1.47. The quantitative estimate of drug-likeness (QED) is 0.269. The number of ether oxygens (including phenoxy) is 3. The van der Waals surface area contributed by atoms with E-state index in [0.29, 0.717) is 48.0 Å². The highest BCUT2D eigenvalue weighted by molar-refractivity contribution is 5.94. The smallest absolute Gasteiger partial charge is 0.410 e. The van der Waals surface area contributed by atoms with Crippen LogP contribution in [0.5, 0.6) is 17.2 Å². The van der Waals surface area contributed by atoms with Crippen molar-refractivity contribution in [1.29, 1.82) is 0 Å². The zero-order chi connectivity index (χ0) is 29.9. The number of fused-ring (bicyclic) bond motifs is 1. The van der Waals surface area contributed by atoms with Crippen LogP contribution < -0.4 is 14.8 Å². The lowest BCUT2D eigenvalue weighted by Gasteiger charge is -2.34. The van der Waals surface area contributed by atoms with E-state index in [1.807, 2.05) is 49.7 Å². The van der Waals surface area contributed by atoms with Crippen molar-refractivity contribution in [2.24, 2.45) is 0 Å². The number of carbonyl (C=O) groups excluding carboxylic acids is 1. The van der Waals surface area contributed by atoms with Crippen LogP contribution in [-0.2, 0) is 11.3 Å². The number of anilines is 1. The van der Waals surface area contributed by atoms with E-state index in [2.05, 4.69) is 10.3 Å². The van der Waals surface area contributed by atoms with Crippen LogP contribution in [0.1, 0.15) is 49.5 Å². The highest BCUT2D eigenvalue weighted by Crippen LogP contribution is 2.35. The predicted octanol–water partition coefficient (Wildman–Crippen LogP) is 5.79. The molecule has 2 aromatic carbocycles. The maximum atomic E-state index is 12.8. The molecule has 1 aliphatic rings. The third-order valence-electron chi connectivity index (χ3n) is 6.83. The Kier molecular flexibility index (Phi) is 8.19. The SMILES string of the molecule is COc1ccc(Cn2nc(NC3CCCN(C(=O)OC(C)(C)C)C3)c3c(Oc4ccc(C(=O)O)cc4)ccnc32)cc1. The Bertz CT molecular complexity index is 1560. The third-order valence-corrected chi connectivity index (χ3v) is 6.83. The molecule has 3 heterocycles. The number of hydrogen-bond acceptors (Lipinski definition) is 8. The molecule has 2 N–H and O–H groups in total. The number of aromatic carboxylic acids is 1. The zero-order valence-corrected chi connectivity index (χ0v) is 24.2. The molecule has 1 fully saturated rings. The number of nitrogens with one attached hydrogen (secondary N) is 1. The van der Waals surface area contributed by atoms with Gasteiger partial charge in [-0.05, 0) is 75.6 Å². The van der Waals surface area contributed by atoms with Crippen molar-refractivity contribution >= 4 is 28.9 Å². The third kappa shape index (κ3) is 6.73. The van der Waals surface area contributed by atoms with Crippen molar-refractivity contribution in [3.8, 4) is 17.2 Å². The molecule has 1 aliphatic heterocycles. The van der Waals surface area contributed by atoms with Crippen LogP contribution in [0.3, 0.4) is 0 Å². The molecule has 5 rings (SSSR count). The maximum absolute atomic E-state index is 12.8. The average Bonchev–Trinajstić information content (AvgIpc) is 3.30. The summed E-state index contributed by atoms with van der Waals surface area (Å²) in [5.41, 5.74) is 1.23. The van der Waals surface area contributed by atoms with Crippen LogP contribution in [-0.4, -0.2) is 68.7 Å². The van der Waals surface area contributed by atoms with E-state index in [1.165, 1.54) is 12.1 Å². The molecule has 0 saturated carbocycles. The van der Waals surface area contributed by atoms with Crippen molar-refractivity contribution in [3.63, 3.8) is 0 Å². The molecule has 0 aliphatic carbocycles. The summed E-state index contributed by atoms with van der Waals surface area (Å²) in [6.07, 6.45) is 2.99. The minimum atomic E-state index is -1.01. The first-order valence-corrected chi connectivity index (χ1v) is 13.8. The van der Waals surface area contributed by atoms with E-state index in [1.54, 1.807) is 36.4 Å². The van der Waals surface area contributed by atoms with Gasteiger partial charge in [-0.25, -0.2) is 19.3 Å². The highest BCUT2D eigenvalue weighted by Gasteiger charge is 2.29. The van der Waals surface area contributed by atoms with Gasteiger partial charge in [-0.15, -0.1) is 0 Å². The van der Waals surface area contributed by atoms with Gasteiger partial charge in [0.05, 0.1) is 19.2 Å². The predicted molar refractivity (Wildman–Crippen MR) is 158 cm³/mol. The Labute approximate surface area is 244 Å². The van der Waals surface area contributed by atoms with Gasteiger partial charge < -0.3 is 29.5 Å². The minimum Gasteiger partial charge on any atom is -0.497 e. The van der Waals surface area contributed by atoms with Crippen molar-refractivity contribution in [2.45, 2.75) is 51.8 Å². The largest absolute Gasteiger partial charge is 0.497 e. The zero-order valence-electron chi connectivity index (χ0n) is 24.2. The van der Waals surface area contributed by atoms with Crippen LogP contribution in [0.25, 0.3) is 11.0 Å². The number of nitrogens with zero attached hydrogens (tertiary/aromatic N) is 4. The fourth-order valence-electron chi connectivity index (χ4n) is 4.84. The topological polar surface area (TPSA) is 128 Å². The monoisotopic (exact) mass is 573 g/mol. The number of piperidine rings is 1. The van der Waals surface area contributed by atoms with E-state index in [0.717, 1.165) is 24.2 Å². The van der Waals surface area contributed by atoms with Crippen molar-refractivity contribution in [1.82, 2.24) is 19.7 Å². The molecule has 1 atom stereocenters. The van der Waals surface area contributed by atoms with Crippen molar-refractivity contribution < 1.29 is 28.9 Å². The van der Waals surface area contributed by atoms with E-state index in [9.17, 15) is 14.7 Å². The number of carboxylic acid groups (broad SMARTS) is 1. The molecule has 11 nitrogen and oxygen atoms in total. The average molecular weight is 574 g/mol. The summed E-state index contributed by atoms with van der Waals surface area (Å²) in [5.74, 6) is 1.34. The van der Waals surface area contributed by atoms with E-state index >= 15 is 0 Å². The molecular weight excluding hydrogens is 538 g/mol.